The summed E-state index contributed by atoms with van der Waals surface area (Å²) >= 11 is 0. The van der Waals surface area contributed by atoms with Gasteiger partial charge >= 0.3 is 5.97 Å². The molecule has 1 fully saturated rings. The molecule has 0 aromatic carbocycles. The van der Waals surface area contributed by atoms with Crippen LogP contribution in [0.1, 0.15) is 45.4 Å². The van der Waals surface area contributed by atoms with Crippen LogP contribution in [0.5, 0.6) is 0 Å². The number of ether oxygens (including phenoxy) is 2. The molecule has 1 aliphatic carbocycles. The van der Waals surface area contributed by atoms with Crippen LogP contribution >= 0.6 is 0 Å². The summed E-state index contributed by atoms with van der Waals surface area (Å²) in [6.45, 7) is 6.95. The molecule has 1 saturated heterocycles. The van der Waals surface area contributed by atoms with E-state index in [1.165, 1.54) is 0 Å². The normalized spacial score (nSPS) is 19.5. The van der Waals surface area contributed by atoms with Gasteiger partial charge in [-0.25, -0.2) is 4.79 Å². The molecule has 1 aliphatic heterocycles. The van der Waals surface area contributed by atoms with Gasteiger partial charge in [0.25, 0.3) is 0 Å². The summed E-state index contributed by atoms with van der Waals surface area (Å²) in [5, 5.41) is 0. The molecule has 0 atom stereocenters. The molecule has 2 heterocycles. The van der Waals surface area contributed by atoms with Gasteiger partial charge in [-0.05, 0) is 32.3 Å². The predicted octanol–water partition coefficient (Wildman–Crippen LogP) is 1.86. The highest BCUT2D eigenvalue weighted by Gasteiger charge is 2.32. The second kappa shape index (κ2) is 6.81. The number of carbonyl (C=O) groups is 2. The summed E-state index contributed by atoms with van der Waals surface area (Å²) in [6.07, 6.45) is 3.43. The van der Waals surface area contributed by atoms with Crippen molar-refractivity contribution in [1.29, 1.82) is 0 Å². The minimum Gasteiger partial charge on any atom is -0.461 e. The number of Topliss-reactive ketones (excluding diaryl/α,β-unsaturated/α-hetero) is 1. The van der Waals surface area contributed by atoms with Crippen LogP contribution in [0.4, 0.5) is 0 Å². The summed E-state index contributed by atoms with van der Waals surface area (Å²) in [4.78, 5) is 27.3. The number of fused-ring (bicyclic) bond motifs is 1. The quantitative estimate of drug-likeness (QED) is 0.624. The van der Waals surface area contributed by atoms with Crippen molar-refractivity contribution in [2.24, 2.45) is 7.05 Å². The summed E-state index contributed by atoms with van der Waals surface area (Å²) in [6, 6.07) is 0. The second-order valence-electron chi connectivity index (χ2n) is 6.21. The van der Waals surface area contributed by atoms with E-state index in [1.54, 1.807) is 6.92 Å². The Hall–Kier alpha value is -2.08. The lowest BCUT2D eigenvalue weighted by atomic mass is 9.89. The molecule has 130 valence electrons. The molecule has 0 saturated carbocycles. The van der Waals surface area contributed by atoms with E-state index in [4.69, 9.17) is 9.47 Å². The maximum absolute atomic E-state index is 13.0. The molecule has 0 unspecified atom stereocenters. The molecule has 24 heavy (non-hydrogen) atoms. The molecular weight excluding hydrogens is 308 g/mol. The highest BCUT2D eigenvalue weighted by atomic mass is 16.5. The Morgan fingerprint density at radius 2 is 2.00 bits per heavy atom. The maximum atomic E-state index is 13.0. The number of hydrogen-bond acceptors (Lipinski definition) is 5. The Bertz CT molecular complexity index is 696. The van der Waals surface area contributed by atoms with Crippen LogP contribution in [-0.4, -0.2) is 54.1 Å². The lowest BCUT2D eigenvalue weighted by molar-refractivity contribution is 0.0514. The number of allylic oxidation sites excluding steroid dienone is 1. The van der Waals surface area contributed by atoms with Gasteiger partial charge in [0.05, 0.1) is 19.8 Å². The Labute approximate surface area is 142 Å². The van der Waals surface area contributed by atoms with Gasteiger partial charge in [0.1, 0.15) is 5.69 Å². The van der Waals surface area contributed by atoms with Gasteiger partial charge in [0.15, 0.2) is 5.78 Å². The van der Waals surface area contributed by atoms with E-state index in [0.717, 1.165) is 36.3 Å². The van der Waals surface area contributed by atoms with Crippen LogP contribution in [0, 0.1) is 6.92 Å². The summed E-state index contributed by atoms with van der Waals surface area (Å²) in [5.74, 6) is -0.329. The zero-order valence-electron chi connectivity index (χ0n) is 14.6. The average molecular weight is 332 g/mol. The van der Waals surface area contributed by atoms with Crippen LogP contribution in [0.3, 0.4) is 0 Å². The molecule has 1 aromatic heterocycles. The summed E-state index contributed by atoms with van der Waals surface area (Å²) < 4.78 is 12.3. The highest BCUT2D eigenvalue weighted by Crippen LogP contribution is 2.32. The SMILES string of the molecule is CCOC(=O)c1c(C)c2c(n1C)CC/C(=C\N1CCOCC1)C2=O. The minimum atomic E-state index is -0.363. The summed E-state index contributed by atoms with van der Waals surface area (Å²) in [7, 11) is 1.84. The first-order chi connectivity index (χ1) is 11.5. The number of hydrogen-bond donors (Lipinski definition) is 0. The predicted molar refractivity (Wildman–Crippen MR) is 89.2 cm³/mol. The maximum Gasteiger partial charge on any atom is 0.355 e. The van der Waals surface area contributed by atoms with Crippen LogP contribution in [0.15, 0.2) is 11.8 Å². The molecular formula is C18H24N2O4. The zero-order valence-corrected chi connectivity index (χ0v) is 14.6. The van der Waals surface area contributed by atoms with Gasteiger partial charge in [0.2, 0.25) is 0 Å². The molecule has 0 bridgehead atoms. The van der Waals surface area contributed by atoms with Gasteiger partial charge in [-0.3, -0.25) is 4.79 Å². The van der Waals surface area contributed by atoms with Crippen LogP contribution in [-0.2, 0) is 22.9 Å². The molecule has 6 heteroatoms. The number of ketones is 1. The number of nitrogens with zero attached hydrogens (tertiary/aromatic N) is 2. The van der Waals surface area contributed by atoms with E-state index in [-0.39, 0.29) is 11.8 Å². The molecule has 0 radical (unpaired) electrons. The fraction of sp³-hybridized carbons (Fsp3) is 0.556. The Kier molecular flexibility index (Phi) is 4.76. The van der Waals surface area contributed by atoms with Crippen LogP contribution in [0.2, 0.25) is 0 Å². The van der Waals surface area contributed by atoms with E-state index in [0.29, 0.717) is 37.5 Å². The number of rotatable bonds is 3. The van der Waals surface area contributed by atoms with Crippen LogP contribution in [0.25, 0.3) is 0 Å². The van der Waals surface area contributed by atoms with Crippen molar-refractivity contribution in [1.82, 2.24) is 9.47 Å². The van der Waals surface area contributed by atoms with Gasteiger partial charge in [0, 0.05) is 43.2 Å². The number of esters is 1. The van der Waals surface area contributed by atoms with Crippen molar-refractivity contribution in [3.63, 3.8) is 0 Å². The van der Waals surface area contributed by atoms with Crippen molar-refractivity contribution in [2.75, 3.05) is 32.9 Å². The third kappa shape index (κ3) is 2.86. The first kappa shape index (κ1) is 16.8. The first-order valence-corrected chi connectivity index (χ1v) is 8.47. The average Bonchev–Trinajstić information content (AvgIpc) is 2.83. The number of morpholine rings is 1. The smallest absolute Gasteiger partial charge is 0.355 e. The Morgan fingerprint density at radius 1 is 1.29 bits per heavy atom. The van der Waals surface area contributed by atoms with Crippen molar-refractivity contribution in [2.45, 2.75) is 26.7 Å². The molecule has 3 rings (SSSR count). The molecule has 2 aliphatic rings. The Balaban J connectivity index is 1.94. The topological polar surface area (TPSA) is 60.8 Å². The minimum absolute atomic E-state index is 0.0337. The molecule has 0 spiro atoms. The molecule has 0 N–H and O–H groups in total. The van der Waals surface area contributed by atoms with Gasteiger partial charge in [-0.15, -0.1) is 0 Å². The van der Waals surface area contributed by atoms with Crippen molar-refractivity contribution in [3.8, 4) is 0 Å². The third-order valence-corrected chi connectivity index (χ3v) is 4.76. The lowest BCUT2D eigenvalue weighted by Gasteiger charge is -2.27. The van der Waals surface area contributed by atoms with Gasteiger partial charge < -0.3 is 18.9 Å². The fourth-order valence-corrected chi connectivity index (χ4v) is 3.55. The molecule has 6 nitrogen and oxygen atoms in total. The van der Waals surface area contributed by atoms with Crippen molar-refractivity contribution >= 4 is 11.8 Å². The molecule has 0 amide bonds. The standard InChI is InChI=1S/C18H24N2O4/c1-4-24-18(22)16-12(2)15-14(19(16)3)6-5-13(17(15)21)11-20-7-9-23-10-8-20/h11H,4-10H2,1-3H3/b13-11+. The van der Waals surface area contributed by atoms with E-state index in [2.05, 4.69) is 4.90 Å². The number of carbonyl (C=O) groups excluding carboxylic acids is 2. The van der Waals surface area contributed by atoms with Crippen molar-refractivity contribution < 1.29 is 19.1 Å². The molecule has 1 aromatic rings. The summed E-state index contributed by atoms with van der Waals surface area (Å²) in [5.41, 5.74) is 3.63. The van der Waals surface area contributed by atoms with E-state index in [1.807, 2.05) is 24.7 Å². The van der Waals surface area contributed by atoms with E-state index >= 15 is 0 Å². The fourth-order valence-electron chi connectivity index (χ4n) is 3.55. The number of aromatic nitrogens is 1. The van der Waals surface area contributed by atoms with E-state index < -0.39 is 0 Å². The first-order valence-electron chi connectivity index (χ1n) is 8.47. The van der Waals surface area contributed by atoms with Crippen LogP contribution < -0.4 is 0 Å². The van der Waals surface area contributed by atoms with Crippen molar-refractivity contribution in [3.05, 3.63) is 34.3 Å². The largest absolute Gasteiger partial charge is 0.461 e. The second-order valence-corrected chi connectivity index (χ2v) is 6.21. The third-order valence-electron chi connectivity index (χ3n) is 4.76. The lowest BCUT2D eigenvalue weighted by Crippen LogP contribution is -2.33. The van der Waals surface area contributed by atoms with E-state index in [9.17, 15) is 9.59 Å². The zero-order chi connectivity index (χ0) is 17.3. The highest BCUT2D eigenvalue weighted by molar-refractivity contribution is 6.13. The monoisotopic (exact) mass is 332 g/mol. The van der Waals surface area contributed by atoms with Gasteiger partial charge in [-0.2, -0.15) is 0 Å². The van der Waals surface area contributed by atoms with Gasteiger partial charge in [-0.1, -0.05) is 0 Å². The Morgan fingerprint density at radius 3 is 2.67 bits per heavy atom.